The zero-order chi connectivity index (χ0) is 19.6. The molecule has 0 saturated heterocycles. The molecule has 1 aliphatic carbocycles. The number of hydrogen-bond acceptors (Lipinski definition) is 0. The van der Waals surface area contributed by atoms with Gasteiger partial charge in [0.1, 0.15) is 7.85 Å². The molecular weight excluding hydrogens is 297 g/mol. The normalized spacial score (nSPS) is 21.6. The topological polar surface area (TPSA) is 0 Å². The predicted octanol–water partition coefficient (Wildman–Crippen LogP) is 6.35. The van der Waals surface area contributed by atoms with Gasteiger partial charge >= 0.3 is 0 Å². The highest BCUT2D eigenvalue weighted by atomic mass is 14.3. The van der Waals surface area contributed by atoms with E-state index in [-0.39, 0.29) is 0 Å². The van der Waals surface area contributed by atoms with Gasteiger partial charge in [0.2, 0.25) is 0 Å². The summed E-state index contributed by atoms with van der Waals surface area (Å²) in [6.45, 7) is 18.1. The maximum absolute atomic E-state index is 5.95. The lowest BCUT2D eigenvalue weighted by molar-refractivity contribution is 0.355. The first-order chi connectivity index (χ1) is 11.6. The van der Waals surface area contributed by atoms with E-state index in [0.29, 0.717) is 11.8 Å². The number of hydrogen-bond donors (Lipinski definition) is 0. The Labute approximate surface area is 163 Å². The summed E-state index contributed by atoms with van der Waals surface area (Å²) in [6.07, 6.45) is 7.89. The largest absolute Gasteiger partial charge is 0.129 e. The minimum Gasteiger partial charge on any atom is -0.129 e. The molecule has 0 spiro atoms. The maximum atomic E-state index is 5.95. The number of allylic oxidation sites excluding steroid dienone is 2. The fraction of sp³-hybridized carbons (Fsp3) is 0.909. The molecule has 0 aromatic carbocycles. The van der Waals surface area contributed by atoms with Crippen LogP contribution in [0.4, 0.5) is 0 Å². The average molecular weight is 339 g/mol. The van der Waals surface area contributed by atoms with Gasteiger partial charge in [-0.25, -0.2) is 0 Å². The molecule has 1 aliphatic rings. The Morgan fingerprint density at radius 1 is 0.880 bits per heavy atom. The Morgan fingerprint density at radius 2 is 1.44 bits per heavy atom. The van der Waals surface area contributed by atoms with Crippen molar-refractivity contribution in [3.63, 3.8) is 0 Å². The van der Waals surface area contributed by atoms with Crippen molar-refractivity contribution in [3.8, 4) is 0 Å². The molecule has 1 fully saturated rings. The molecule has 5 radical (unpaired) electrons. The van der Waals surface area contributed by atoms with Gasteiger partial charge in [-0.15, -0.1) is 10.9 Å². The maximum Gasteiger partial charge on any atom is 0.106 e. The molecule has 0 heterocycles. The van der Waals surface area contributed by atoms with E-state index in [9.17, 15) is 0 Å². The van der Waals surface area contributed by atoms with E-state index in [1.165, 1.54) is 25.7 Å². The van der Waals surface area contributed by atoms with Crippen molar-refractivity contribution in [3.05, 3.63) is 10.9 Å². The molecule has 25 heavy (non-hydrogen) atoms. The number of rotatable bonds is 8. The van der Waals surface area contributed by atoms with E-state index in [0.717, 1.165) is 47.5 Å². The monoisotopic (exact) mass is 339 g/mol. The van der Waals surface area contributed by atoms with Gasteiger partial charge in [-0.05, 0) is 67.6 Å². The van der Waals surface area contributed by atoms with Crippen molar-refractivity contribution >= 4 is 22.8 Å². The van der Waals surface area contributed by atoms with E-state index in [1.54, 1.807) is 7.17 Å². The standard InChI is InChI=1S/C12H24.C10H18B3/c1-9(2)7-11-5-6-12(8-11)10(3)4;1-7(2)5-9(11)10(13-12)6-8(3)4/h9-12H,5-8H2,1-4H3;7-8H,5-6H2,1-4H3/b;10-9-. The summed E-state index contributed by atoms with van der Waals surface area (Å²) in [6, 6.07) is 0. The van der Waals surface area contributed by atoms with Crippen LogP contribution in [0.1, 0.15) is 93.9 Å². The van der Waals surface area contributed by atoms with Crippen LogP contribution in [0.3, 0.4) is 0 Å². The molecule has 2 atom stereocenters. The van der Waals surface area contributed by atoms with Crippen molar-refractivity contribution in [2.75, 3.05) is 0 Å². The summed E-state index contributed by atoms with van der Waals surface area (Å²) >= 11 is 0. The third-order valence-electron chi connectivity index (χ3n) is 5.20. The third kappa shape index (κ3) is 12.0. The van der Waals surface area contributed by atoms with Crippen LogP contribution in [0.25, 0.3) is 0 Å². The molecule has 139 valence electrons. The predicted molar refractivity (Wildman–Crippen MR) is 118 cm³/mol. The van der Waals surface area contributed by atoms with Gasteiger partial charge in [-0.3, -0.25) is 0 Å². The quantitative estimate of drug-likeness (QED) is 0.452. The second-order valence-electron chi connectivity index (χ2n) is 9.73. The first-order valence-electron chi connectivity index (χ1n) is 10.6. The van der Waals surface area contributed by atoms with Crippen LogP contribution in [0.5, 0.6) is 0 Å². The second-order valence-corrected chi connectivity index (χ2v) is 9.73. The molecule has 1 rings (SSSR count). The Bertz CT molecular complexity index is 369. The lowest BCUT2D eigenvalue weighted by atomic mass is 9.47. The van der Waals surface area contributed by atoms with E-state index in [1.807, 2.05) is 0 Å². The summed E-state index contributed by atoms with van der Waals surface area (Å²) in [5.74, 6) is 5.12. The summed E-state index contributed by atoms with van der Waals surface area (Å²) in [5, 5.41) is 0. The first kappa shape index (κ1) is 24.9. The van der Waals surface area contributed by atoms with Crippen LogP contribution in [0.2, 0.25) is 0 Å². The Balaban J connectivity index is 0.000000462. The first-order valence-corrected chi connectivity index (χ1v) is 10.6. The average Bonchev–Trinajstić information content (AvgIpc) is 2.92. The van der Waals surface area contributed by atoms with Gasteiger partial charge < -0.3 is 0 Å². The highest BCUT2D eigenvalue weighted by Gasteiger charge is 2.26. The molecule has 0 amide bonds. The van der Waals surface area contributed by atoms with E-state index in [4.69, 9.17) is 15.6 Å². The minimum atomic E-state index is 0.599. The molecule has 0 aliphatic heterocycles. The zero-order valence-electron chi connectivity index (χ0n) is 18.4. The van der Waals surface area contributed by atoms with Crippen molar-refractivity contribution in [1.82, 2.24) is 0 Å². The van der Waals surface area contributed by atoms with Crippen molar-refractivity contribution < 1.29 is 0 Å². The highest BCUT2D eigenvalue weighted by molar-refractivity contribution is 6.94. The third-order valence-corrected chi connectivity index (χ3v) is 5.20. The lowest BCUT2D eigenvalue weighted by Gasteiger charge is -2.15. The van der Waals surface area contributed by atoms with Crippen LogP contribution in [0.15, 0.2) is 10.9 Å². The summed E-state index contributed by atoms with van der Waals surface area (Å²) in [5.41, 5.74) is 2.06. The minimum absolute atomic E-state index is 0.599. The molecule has 0 bridgehead atoms. The van der Waals surface area contributed by atoms with Gasteiger partial charge in [-0.2, -0.15) is 0 Å². The fourth-order valence-corrected chi connectivity index (χ4v) is 3.92. The van der Waals surface area contributed by atoms with E-state index in [2.05, 4.69) is 55.4 Å². The van der Waals surface area contributed by atoms with E-state index < -0.39 is 0 Å². The molecule has 3 heteroatoms. The molecule has 1 saturated carbocycles. The van der Waals surface area contributed by atoms with Crippen LogP contribution < -0.4 is 0 Å². The smallest absolute Gasteiger partial charge is 0.106 e. The van der Waals surface area contributed by atoms with Crippen LogP contribution in [-0.2, 0) is 0 Å². The van der Waals surface area contributed by atoms with Gasteiger partial charge in [0, 0.05) is 7.74 Å². The summed E-state index contributed by atoms with van der Waals surface area (Å²) in [7, 11) is 13.1. The van der Waals surface area contributed by atoms with Crippen LogP contribution in [-0.4, -0.2) is 22.8 Å². The zero-order valence-corrected chi connectivity index (χ0v) is 18.4. The van der Waals surface area contributed by atoms with Gasteiger partial charge in [0.05, 0.1) is 7.17 Å². The molecule has 0 N–H and O–H groups in total. The highest BCUT2D eigenvalue weighted by Crippen LogP contribution is 2.38. The Hall–Kier alpha value is -0.0652. The van der Waals surface area contributed by atoms with Crippen molar-refractivity contribution in [2.24, 2.45) is 35.5 Å². The molecule has 2 unspecified atom stereocenters. The Morgan fingerprint density at radius 3 is 1.80 bits per heavy atom. The molecule has 0 aromatic heterocycles. The van der Waals surface area contributed by atoms with E-state index >= 15 is 0 Å². The SMILES string of the molecule is CC(C)CC1CCC(C(C)C)C1.[B][B]/C(CC(C)C)=C(\[B])CC(C)C. The summed E-state index contributed by atoms with van der Waals surface area (Å²) < 4.78 is 0. The van der Waals surface area contributed by atoms with Crippen LogP contribution >= 0.6 is 0 Å². The second kappa shape index (κ2) is 13.2. The summed E-state index contributed by atoms with van der Waals surface area (Å²) in [4.78, 5) is 0. The van der Waals surface area contributed by atoms with Crippen molar-refractivity contribution in [1.29, 1.82) is 0 Å². The fourth-order valence-electron chi connectivity index (χ4n) is 3.92. The molecule has 0 nitrogen and oxygen atoms in total. The Kier molecular flexibility index (Phi) is 13.1. The van der Waals surface area contributed by atoms with Gasteiger partial charge in [0.15, 0.2) is 0 Å². The molecule has 0 aromatic rings. The van der Waals surface area contributed by atoms with Gasteiger partial charge in [-0.1, -0.05) is 61.8 Å². The lowest BCUT2D eigenvalue weighted by Crippen LogP contribution is -2.06. The van der Waals surface area contributed by atoms with Gasteiger partial charge in [0.25, 0.3) is 0 Å². The molecular formula is C22H42B3. The van der Waals surface area contributed by atoms with Crippen LogP contribution in [0, 0.1) is 35.5 Å². The van der Waals surface area contributed by atoms with Crippen molar-refractivity contribution in [2.45, 2.75) is 93.9 Å².